The van der Waals surface area contributed by atoms with Gasteiger partial charge in [-0.15, -0.1) is 0 Å². The normalized spacial score (nSPS) is 37.9. The Balaban J connectivity index is 2.29. The highest BCUT2D eigenvalue weighted by Crippen LogP contribution is 2.31. The van der Waals surface area contributed by atoms with E-state index in [4.69, 9.17) is 9.47 Å². The second-order valence-corrected chi connectivity index (χ2v) is 3.81. The van der Waals surface area contributed by atoms with E-state index in [1.807, 2.05) is 0 Å². The Morgan fingerprint density at radius 1 is 1.64 bits per heavy atom. The van der Waals surface area contributed by atoms with Gasteiger partial charge in [0.05, 0.1) is 5.60 Å². The van der Waals surface area contributed by atoms with Crippen LogP contribution in [0.4, 0.5) is 0 Å². The summed E-state index contributed by atoms with van der Waals surface area (Å²) < 4.78 is 10.7. The Hall–Kier alpha value is -0.0800. The van der Waals surface area contributed by atoms with Crippen molar-refractivity contribution in [1.29, 1.82) is 0 Å². The third-order valence-electron chi connectivity index (χ3n) is 2.33. The molecular formula is C9H18O2. The third-order valence-corrected chi connectivity index (χ3v) is 2.33. The summed E-state index contributed by atoms with van der Waals surface area (Å²) in [7, 11) is 1.74. The average molecular weight is 158 g/mol. The summed E-state index contributed by atoms with van der Waals surface area (Å²) in [5.41, 5.74) is 0.0927. The van der Waals surface area contributed by atoms with Crippen LogP contribution in [0.3, 0.4) is 0 Å². The molecule has 0 aliphatic carbocycles. The van der Waals surface area contributed by atoms with Crippen molar-refractivity contribution in [1.82, 2.24) is 0 Å². The van der Waals surface area contributed by atoms with Crippen LogP contribution >= 0.6 is 0 Å². The van der Waals surface area contributed by atoms with Crippen LogP contribution in [0, 0.1) is 5.92 Å². The Morgan fingerprint density at radius 3 is 2.82 bits per heavy atom. The molecule has 0 aromatic rings. The third kappa shape index (κ3) is 2.46. The standard InChI is InChI=1S/C9H18O2/c1-8-6-9(2,11-7-8)4-5-10-3/h8H,4-7H2,1-3H3/t8?,9-/m1/s1. The van der Waals surface area contributed by atoms with Crippen LogP contribution in [-0.2, 0) is 9.47 Å². The summed E-state index contributed by atoms with van der Waals surface area (Å²) in [6.45, 7) is 6.14. The SMILES string of the molecule is COCC[C@]1(C)CC(C)CO1. The summed E-state index contributed by atoms with van der Waals surface area (Å²) in [5, 5.41) is 0. The predicted molar refractivity (Wildman–Crippen MR) is 44.6 cm³/mol. The van der Waals surface area contributed by atoms with Gasteiger partial charge in [-0.2, -0.15) is 0 Å². The van der Waals surface area contributed by atoms with Gasteiger partial charge < -0.3 is 9.47 Å². The monoisotopic (exact) mass is 158 g/mol. The van der Waals surface area contributed by atoms with E-state index in [1.165, 1.54) is 6.42 Å². The zero-order valence-electron chi connectivity index (χ0n) is 7.72. The Bertz CT molecular complexity index is 125. The van der Waals surface area contributed by atoms with Gasteiger partial charge >= 0.3 is 0 Å². The zero-order valence-corrected chi connectivity index (χ0v) is 7.72. The molecule has 1 unspecified atom stereocenters. The Kier molecular flexibility index (Phi) is 2.90. The molecule has 0 radical (unpaired) electrons. The molecule has 1 aliphatic heterocycles. The van der Waals surface area contributed by atoms with Gasteiger partial charge in [-0.1, -0.05) is 6.92 Å². The minimum atomic E-state index is 0.0927. The van der Waals surface area contributed by atoms with E-state index < -0.39 is 0 Å². The van der Waals surface area contributed by atoms with Gasteiger partial charge in [0.1, 0.15) is 0 Å². The van der Waals surface area contributed by atoms with Crippen molar-refractivity contribution in [2.24, 2.45) is 5.92 Å². The van der Waals surface area contributed by atoms with Crippen LogP contribution in [0.25, 0.3) is 0 Å². The number of ether oxygens (including phenoxy) is 2. The van der Waals surface area contributed by atoms with Gasteiger partial charge in [0, 0.05) is 20.3 Å². The second kappa shape index (κ2) is 3.55. The zero-order chi connectivity index (χ0) is 8.32. The first-order valence-electron chi connectivity index (χ1n) is 4.29. The highest BCUT2D eigenvalue weighted by Gasteiger charge is 2.33. The number of hydrogen-bond donors (Lipinski definition) is 0. The lowest BCUT2D eigenvalue weighted by Crippen LogP contribution is -2.24. The smallest absolute Gasteiger partial charge is 0.0680 e. The molecule has 0 N–H and O–H groups in total. The molecule has 0 aromatic carbocycles. The van der Waals surface area contributed by atoms with Crippen LogP contribution in [0.15, 0.2) is 0 Å². The maximum atomic E-state index is 5.67. The van der Waals surface area contributed by atoms with E-state index >= 15 is 0 Å². The van der Waals surface area contributed by atoms with E-state index in [2.05, 4.69) is 13.8 Å². The minimum absolute atomic E-state index is 0.0927. The summed E-state index contributed by atoms with van der Waals surface area (Å²) >= 11 is 0. The molecule has 1 aliphatic rings. The van der Waals surface area contributed by atoms with Crippen LogP contribution in [0.2, 0.25) is 0 Å². The van der Waals surface area contributed by atoms with E-state index in [0.717, 1.165) is 25.6 Å². The van der Waals surface area contributed by atoms with E-state index in [9.17, 15) is 0 Å². The molecule has 66 valence electrons. The highest BCUT2D eigenvalue weighted by atomic mass is 16.5. The highest BCUT2D eigenvalue weighted by molar-refractivity contribution is 4.83. The van der Waals surface area contributed by atoms with Crippen LogP contribution in [0.1, 0.15) is 26.7 Å². The van der Waals surface area contributed by atoms with Crippen molar-refractivity contribution in [3.05, 3.63) is 0 Å². The van der Waals surface area contributed by atoms with Gasteiger partial charge in [-0.25, -0.2) is 0 Å². The number of methoxy groups -OCH3 is 1. The molecule has 1 fully saturated rings. The lowest BCUT2D eigenvalue weighted by Gasteiger charge is -2.22. The molecule has 1 heterocycles. The maximum Gasteiger partial charge on any atom is 0.0680 e. The van der Waals surface area contributed by atoms with Crippen LogP contribution in [0.5, 0.6) is 0 Å². The first kappa shape index (κ1) is 9.01. The van der Waals surface area contributed by atoms with Crippen molar-refractivity contribution in [3.63, 3.8) is 0 Å². The molecule has 0 amide bonds. The molecule has 0 spiro atoms. The molecular weight excluding hydrogens is 140 g/mol. The summed E-state index contributed by atoms with van der Waals surface area (Å²) in [6.07, 6.45) is 2.20. The van der Waals surface area contributed by atoms with E-state index in [-0.39, 0.29) is 5.60 Å². The molecule has 2 nitrogen and oxygen atoms in total. The summed E-state index contributed by atoms with van der Waals surface area (Å²) in [4.78, 5) is 0. The van der Waals surface area contributed by atoms with Crippen molar-refractivity contribution >= 4 is 0 Å². The van der Waals surface area contributed by atoms with Gasteiger partial charge in [-0.3, -0.25) is 0 Å². The molecule has 0 saturated carbocycles. The van der Waals surface area contributed by atoms with Crippen molar-refractivity contribution in [3.8, 4) is 0 Å². The fourth-order valence-electron chi connectivity index (χ4n) is 1.69. The van der Waals surface area contributed by atoms with Crippen LogP contribution in [-0.4, -0.2) is 25.9 Å². The first-order valence-corrected chi connectivity index (χ1v) is 4.29. The average Bonchev–Trinajstić information content (AvgIpc) is 2.28. The molecule has 0 bridgehead atoms. The molecule has 0 aromatic heterocycles. The Labute approximate surface area is 68.9 Å². The van der Waals surface area contributed by atoms with E-state index in [0.29, 0.717) is 0 Å². The van der Waals surface area contributed by atoms with Gasteiger partial charge in [0.2, 0.25) is 0 Å². The quantitative estimate of drug-likeness (QED) is 0.624. The maximum absolute atomic E-state index is 5.67. The van der Waals surface area contributed by atoms with Crippen LogP contribution < -0.4 is 0 Å². The fourth-order valence-corrected chi connectivity index (χ4v) is 1.69. The van der Waals surface area contributed by atoms with Crippen molar-refractivity contribution in [2.45, 2.75) is 32.3 Å². The molecule has 2 heteroatoms. The topological polar surface area (TPSA) is 18.5 Å². The minimum Gasteiger partial charge on any atom is -0.385 e. The predicted octanol–water partition coefficient (Wildman–Crippen LogP) is 1.84. The molecule has 1 rings (SSSR count). The van der Waals surface area contributed by atoms with Crippen molar-refractivity contribution in [2.75, 3.05) is 20.3 Å². The van der Waals surface area contributed by atoms with E-state index in [1.54, 1.807) is 7.11 Å². The largest absolute Gasteiger partial charge is 0.385 e. The molecule has 11 heavy (non-hydrogen) atoms. The second-order valence-electron chi connectivity index (χ2n) is 3.81. The number of hydrogen-bond acceptors (Lipinski definition) is 2. The fraction of sp³-hybridized carbons (Fsp3) is 1.00. The van der Waals surface area contributed by atoms with Gasteiger partial charge in [-0.05, 0) is 25.7 Å². The first-order chi connectivity index (χ1) is 5.16. The lowest BCUT2D eigenvalue weighted by atomic mass is 9.94. The lowest BCUT2D eigenvalue weighted by molar-refractivity contribution is -0.00506. The van der Waals surface area contributed by atoms with Crippen molar-refractivity contribution < 1.29 is 9.47 Å². The molecule has 1 saturated heterocycles. The number of rotatable bonds is 3. The Morgan fingerprint density at radius 2 is 2.36 bits per heavy atom. The molecule has 2 atom stereocenters. The van der Waals surface area contributed by atoms with Gasteiger partial charge in [0.15, 0.2) is 0 Å². The van der Waals surface area contributed by atoms with Gasteiger partial charge in [0.25, 0.3) is 0 Å². The summed E-state index contributed by atoms with van der Waals surface area (Å²) in [5.74, 6) is 0.719. The summed E-state index contributed by atoms with van der Waals surface area (Å²) in [6, 6.07) is 0.